The van der Waals surface area contributed by atoms with Crippen molar-refractivity contribution in [3.05, 3.63) is 30.1 Å². The van der Waals surface area contributed by atoms with E-state index in [0.717, 1.165) is 25.9 Å². The van der Waals surface area contributed by atoms with Crippen LogP contribution in [0.1, 0.15) is 19.3 Å². The molecule has 0 radical (unpaired) electrons. The van der Waals surface area contributed by atoms with Crippen LogP contribution in [0.2, 0.25) is 0 Å². The van der Waals surface area contributed by atoms with E-state index < -0.39 is 0 Å². The summed E-state index contributed by atoms with van der Waals surface area (Å²) in [6.07, 6.45) is 3.35. The molecule has 0 atom stereocenters. The van der Waals surface area contributed by atoms with Crippen molar-refractivity contribution in [3.63, 3.8) is 0 Å². The van der Waals surface area contributed by atoms with Crippen molar-refractivity contribution in [1.29, 1.82) is 0 Å². The van der Waals surface area contributed by atoms with E-state index in [0.29, 0.717) is 5.69 Å². The number of para-hydroxylation sites is 1. The molecule has 1 fully saturated rings. The molecule has 1 saturated heterocycles. The molecule has 0 unspecified atom stereocenters. The molecule has 1 N–H and O–H groups in total. The van der Waals surface area contributed by atoms with Crippen molar-refractivity contribution in [2.75, 3.05) is 25.0 Å². The first-order valence-corrected chi connectivity index (χ1v) is 6.03. The average Bonchev–Trinajstić information content (AvgIpc) is 2.38. The van der Waals surface area contributed by atoms with E-state index in [1.54, 1.807) is 18.2 Å². The molecule has 2 rings (SSSR count). The number of nitrogens with zero attached hydrogens (tertiary/aromatic N) is 1. The lowest BCUT2D eigenvalue weighted by Crippen LogP contribution is -2.39. The summed E-state index contributed by atoms with van der Waals surface area (Å²) >= 11 is 0. The van der Waals surface area contributed by atoms with Crippen molar-refractivity contribution >= 4 is 11.6 Å². The lowest BCUT2D eigenvalue weighted by Gasteiger charge is -2.26. The Labute approximate surface area is 101 Å². The highest BCUT2D eigenvalue weighted by molar-refractivity contribution is 5.80. The molecular formula is C13H17FN2O. The number of carbonyl (C=O) groups excluding carboxylic acids is 1. The molecule has 0 aromatic heterocycles. The van der Waals surface area contributed by atoms with Gasteiger partial charge in [0.2, 0.25) is 5.91 Å². The molecule has 4 heteroatoms. The Balaban J connectivity index is 1.85. The fourth-order valence-electron chi connectivity index (χ4n) is 2.03. The van der Waals surface area contributed by atoms with E-state index in [2.05, 4.69) is 5.32 Å². The Hall–Kier alpha value is -1.58. The second-order valence-corrected chi connectivity index (χ2v) is 4.27. The summed E-state index contributed by atoms with van der Waals surface area (Å²) in [7, 11) is 0. The van der Waals surface area contributed by atoms with Crippen molar-refractivity contribution in [3.8, 4) is 0 Å². The molecule has 1 aromatic carbocycles. The summed E-state index contributed by atoms with van der Waals surface area (Å²) in [5.74, 6) is -0.271. The fourth-order valence-corrected chi connectivity index (χ4v) is 2.03. The number of hydrogen-bond acceptors (Lipinski definition) is 2. The summed E-state index contributed by atoms with van der Waals surface area (Å²) in [5.41, 5.74) is 0.387. The van der Waals surface area contributed by atoms with Gasteiger partial charge in [-0.1, -0.05) is 12.1 Å². The normalized spacial score (nSPS) is 15.7. The quantitative estimate of drug-likeness (QED) is 0.873. The van der Waals surface area contributed by atoms with Gasteiger partial charge in [-0.3, -0.25) is 4.79 Å². The number of amides is 1. The number of anilines is 1. The topological polar surface area (TPSA) is 32.3 Å². The van der Waals surface area contributed by atoms with Crippen LogP contribution in [0.4, 0.5) is 10.1 Å². The maximum Gasteiger partial charge on any atom is 0.241 e. The Kier molecular flexibility index (Phi) is 3.96. The lowest BCUT2D eigenvalue weighted by atomic mass is 10.1. The Morgan fingerprint density at radius 1 is 1.24 bits per heavy atom. The molecule has 1 aliphatic heterocycles. The molecule has 17 heavy (non-hydrogen) atoms. The summed E-state index contributed by atoms with van der Waals surface area (Å²) in [6.45, 7) is 1.83. The van der Waals surface area contributed by atoms with Crippen molar-refractivity contribution in [1.82, 2.24) is 4.90 Å². The minimum Gasteiger partial charge on any atom is -0.374 e. The van der Waals surface area contributed by atoms with E-state index in [-0.39, 0.29) is 18.3 Å². The standard InChI is InChI=1S/C13H17FN2O/c14-11-6-2-3-7-12(11)15-10-13(17)16-8-4-1-5-9-16/h2-3,6-7,15H,1,4-5,8-10H2. The SMILES string of the molecule is O=C(CNc1ccccc1F)N1CCCCC1. The van der Waals surface area contributed by atoms with Crippen LogP contribution in [0.3, 0.4) is 0 Å². The third-order valence-corrected chi connectivity index (χ3v) is 3.01. The molecular weight excluding hydrogens is 219 g/mol. The molecule has 92 valence electrons. The van der Waals surface area contributed by atoms with E-state index in [1.165, 1.54) is 12.5 Å². The largest absolute Gasteiger partial charge is 0.374 e. The van der Waals surface area contributed by atoms with Crippen molar-refractivity contribution < 1.29 is 9.18 Å². The van der Waals surface area contributed by atoms with Gasteiger partial charge in [0.25, 0.3) is 0 Å². The van der Waals surface area contributed by atoms with Crippen LogP contribution in [-0.2, 0) is 4.79 Å². The molecule has 0 bridgehead atoms. The second-order valence-electron chi connectivity index (χ2n) is 4.27. The molecule has 1 aliphatic rings. The maximum atomic E-state index is 13.3. The highest BCUT2D eigenvalue weighted by Gasteiger charge is 2.16. The predicted molar refractivity (Wildman–Crippen MR) is 65.3 cm³/mol. The minimum absolute atomic E-state index is 0.0490. The molecule has 1 amide bonds. The molecule has 1 aromatic rings. The molecule has 0 spiro atoms. The van der Waals surface area contributed by atoms with Crippen LogP contribution in [0.15, 0.2) is 24.3 Å². The van der Waals surface area contributed by atoms with Crippen molar-refractivity contribution in [2.45, 2.75) is 19.3 Å². The number of piperidine rings is 1. The van der Waals surface area contributed by atoms with E-state index in [9.17, 15) is 9.18 Å². The lowest BCUT2D eigenvalue weighted by molar-refractivity contribution is -0.130. The molecule has 1 heterocycles. The molecule has 0 aliphatic carbocycles. The Morgan fingerprint density at radius 2 is 1.94 bits per heavy atom. The van der Waals surface area contributed by atoms with Crippen molar-refractivity contribution in [2.24, 2.45) is 0 Å². The van der Waals surface area contributed by atoms with Gasteiger partial charge in [-0.25, -0.2) is 4.39 Å². The zero-order valence-corrected chi connectivity index (χ0v) is 9.79. The van der Waals surface area contributed by atoms with Crippen LogP contribution in [0, 0.1) is 5.82 Å². The van der Waals surface area contributed by atoms with Crippen LogP contribution < -0.4 is 5.32 Å². The van der Waals surface area contributed by atoms with Gasteiger partial charge >= 0.3 is 0 Å². The van der Waals surface area contributed by atoms with Gasteiger partial charge < -0.3 is 10.2 Å². The van der Waals surface area contributed by atoms with Gasteiger partial charge in [0.15, 0.2) is 0 Å². The highest BCUT2D eigenvalue weighted by atomic mass is 19.1. The monoisotopic (exact) mass is 236 g/mol. The number of benzene rings is 1. The minimum atomic E-state index is -0.320. The van der Waals surface area contributed by atoms with E-state index in [1.807, 2.05) is 4.90 Å². The number of hydrogen-bond donors (Lipinski definition) is 1. The number of rotatable bonds is 3. The van der Waals surface area contributed by atoms with E-state index >= 15 is 0 Å². The number of likely N-dealkylation sites (tertiary alicyclic amines) is 1. The first-order chi connectivity index (χ1) is 8.27. The highest BCUT2D eigenvalue weighted by Crippen LogP contribution is 2.13. The third-order valence-electron chi connectivity index (χ3n) is 3.01. The first-order valence-electron chi connectivity index (χ1n) is 6.03. The summed E-state index contributed by atoms with van der Waals surface area (Å²) in [5, 5.41) is 2.84. The fraction of sp³-hybridized carbons (Fsp3) is 0.462. The van der Waals surface area contributed by atoms with Gasteiger partial charge in [0.05, 0.1) is 12.2 Å². The van der Waals surface area contributed by atoms with Crippen LogP contribution in [-0.4, -0.2) is 30.4 Å². The number of nitrogens with one attached hydrogen (secondary N) is 1. The zero-order chi connectivity index (χ0) is 12.1. The summed E-state index contributed by atoms with van der Waals surface area (Å²) in [4.78, 5) is 13.7. The van der Waals surface area contributed by atoms with E-state index in [4.69, 9.17) is 0 Å². The predicted octanol–water partition coefficient (Wildman–Crippen LogP) is 2.25. The van der Waals surface area contributed by atoms with Gasteiger partial charge in [-0.2, -0.15) is 0 Å². The van der Waals surface area contributed by atoms with Gasteiger partial charge in [0, 0.05) is 13.1 Å². The van der Waals surface area contributed by atoms with Crippen LogP contribution in [0.25, 0.3) is 0 Å². The molecule has 0 saturated carbocycles. The number of carbonyl (C=O) groups is 1. The average molecular weight is 236 g/mol. The van der Waals surface area contributed by atoms with Gasteiger partial charge in [0.1, 0.15) is 5.82 Å². The van der Waals surface area contributed by atoms with Gasteiger partial charge in [-0.05, 0) is 31.4 Å². The third kappa shape index (κ3) is 3.19. The Bertz CT molecular complexity index is 389. The number of halogens is 1. The smallest absolute Gasteiger partial charge is 0.241 e. The Morgan fingerprint density at radius 3 is 2.65 bits per heavy atom. The summed E-state index contributed by atoms with van der Waals surface area (Å²) < 4.78 is 13.3. The van der Waals surface area contributed by atoms with Gasteiger partial charge in [-0.15, -0.1) is 0 Å². The second kappa shape index (κ2) is 5.66. The first kappa shape index (κ1) is 11.9. The summed E-state index contributed by atoms with van der Waals surface area (Å²) in [6, 6.07) is 6.40. The van der Waals surface area contributed by atoms with Crippen LogP contribution in [0.5, 0.6) is 0 Å². The zero-order valence-electron chi connectivity index (χ0n) is 9.79. The molecule has 3 nitrogen and oxygen atoms in total. The van der Waals surface area contributed by atoms with Crippen LogP contribution >= 0.6 is 0 Å². The maximum absolute atomic E-state index is 13.3.